The zero-order valence-electron chi connectivity index (χ0n) is 13.9. The summed E-state index contributed by atoms with van der Waals surface area (Å²) in [6.45, 7) is 1.66. The van der Waals surface area contributed by atoms with Crippen LogP contribution in [0.1, 0.15) is 6.42 Å². The van der Waals surface area contributed by atoms with Crippen molar-refractivity contribution in [3.63, 3.8) is 0 Å². The highest BCUT2D eigenvalue weighted by Crippen LogP contribution is 2.23. The number of nitrogen functional groups attached to an aromatic ring is 1. The maximum Gasteiger partial charge on any atom is 0.213 e. The van der Waals surface area contributed by atoms with E-state index >= 15 is 0 Å². The largest absolute Gasteiger partial charge is 0.478 e. The Morgan fingerprint density at radius 1 is 1.00 bits per heavy atom. The predicted octanol–water partition coefficient (Wildman–Crippen LogP) is 2.60. The van der Waals surface area contributed by atoms with E-state index < -0.39 is 0 Å². The summed E-state index contributed by atoms with van der Waals surface area (Å²) in [7, 11) is 4.10. The number of nitrogens with two attached hydrogens (primary N) is 1. The lowest BCUT2D eigenvalue weighted by Gasteiger charge is -2.10. The van der Waals surface area contributed by atoms with Crippen molar-refractivity contribution in [2.45, 2.75) is 6.42 Å². The van der Waals surface area contributed by atoms with Crippen LogP contribution in [0.5, 0.6) is 5.88 Å². The Morgan fingerprint density at radius 3 is 2.58 bits per heavy atom. The molecular formula is C18H21N5O. The minimum absolute atomic E-state index is 0.416. The van der Waals surface area contributed by atoms with Crippen molar-refractivity contribution in [2.24, 2.45) is 0 Å². The van der Waals surface area contributed by atoms with Crippen molar-refractivity contribution >= 4 is 16.9 Å². The lowest BCUT2D eigenvalue weighted by molar-refractivity contribution is 0.273. The molecule has 0 atom stereocenters. The van der Waals surface area contributed by atoms with Gasteiger partial charge in [-0.3, -0.25) is 4.98 Å². The number of rotatable bonds is 6. The number of anilines is 1. The highest BCUT2D eigenvalue weighted by Gasteiger charge is 2.04. The number of nitrogens with zero attached hydrogens (tertiary/aromatic N) is 4. The van der Waals surface area contributed by atoms with Gasteiger partial charge in [0.25, 0.3) is 0 Å². The summed E-state index contributed by atoms with van der Waals surface area (Å²) in [6, 6.07) is 9.79. The van der Waals surface area contributed by atoms with E-state index in [0.29, 0.717) is 18.3 Å². The Balaban J connectivity index is 1.71. The Morgan fingerprint density at radius 2 is 1.83 bits per heavy atom. The van der Waals surface area contributed by atoms with Gasteiger partial charge in [-0.15, -0.1) is 0 Å². The second kappa shape index (κ2) is 7.23. The predicted molar refractivity (Wildman–Crippen MR) is 95.8 cm³/mol. The zero-order chi connectivity index (χ0) is 16.9. The molecule has 0 aliphatic rings. The molecule has 0 radical (unpaired) electrons. The first-order valence-corrected chi connectivity index (χ1v) is 7.88. The van der Waals surface area contributed by atoms with Crippen LogP contribution in [-0.2, 0) is 0 Å². The van der Waals surface area contributed by atoms with Gasteiger partial charge >= 0.3 is 0 Å². The molecule has 0 spiro atoms. The minimum atomic E-state index is 0.416. The van der Waals surface area contributed by atoms with Gasteiger partial charge in [0.05, 0.1) is 23.8 Å². The standard InChI is InChI=1S/C18H21N5O/c1-23(2)8-3-9-24-18-7-5-14(11-21-18)13-4-6-15-16(10-13)22-17(19)12-20-15/h4-7,10-12H,3,8-9H2,1-2H3,(H2,19,22). The van der Waals surface area contributed by atoms with Crippen molar-refractivity contribution in [3.05, 3.63) is 42.7 Å². The topological polar surface area (TPSA) is 77.2 Å². The molecule has 2 N–H and O–H groups in total. The third-order valence-corrected chi connectivity index (χ3v) is 3.63. The summed E-state index contributed by atoms with van der Waals surface area (Å²) < 4.78 is 5.66. The molecule has 6 nitrogen and oxygen atoms in total. The zero-order valence-corrected chi connectivity index (χ0v) is 13.9. The van der Waals surface area contributed by atoms with Gasteiger partial charge in [-0.1, -0.05) is 6.07 Å². The molecule has 6 heteroatoms. The first-order chi connectivity index (χ1) is 11.6. The molecule has 3 aromatic rings. The lowest BCUT2D eigenvalue weighted by Crippen LogP contribution is -2.15. The van der Waals surface area contributed by atoms with Crippen molar-refractivity contribution in [3.8, 4) is 17.0 Å². The molecule has 0 aliphatic carbocycles. The first kappa shape index (κ1) is 16.1. The smallest absolute Gasteiger partial charge is 0.213 e. The number of hydrogen-bond donors (Lipinski definition) is 1. The summed E-state index contributed by atoms with van der Waals surface area (Å²) in [5, 5.41) is 0. The Hall–Kier alpha value is -2.73. The summed E-state index contributed by atoms with van der Waals surface area (Å²) in [4.78, 5) is 15.1. The maximum absolute atomic E-state index is 5.70. The summed E-state index contributed by atoms with van der Waals surface area (Å²) in [5.41, 5.74) is 9.32. The quantitative estimate of drug-likeness (QED) is 0.703. The van der Waals surface area contributed by atoms with Gasteiger partial charge in [-0.25, -0.2) is 9.97 Å². The second-order valence-corrected chi connectivity index (χ2v) is 5.89. The number of pyridine rings is 1. The van der Waals surface area contributed by atoms with Crippen molar-refractivity contribution < 1.29 is 4.74 Å². The Bertz CT molecular complexity index is 817. The molecule has 1 aromatic carbocycles. The average Bonchev–Trinajstić information content (AvgIpc) is 2.58. The van der Waals surface area contributed by atoms with Crippen molar-refractivity contribution in [1.82, 2.24) is 19.9 Å². The molecule has 0 fully saturated rings. The van der Waals surface area contributed by atoms with E-state index in [-0.39, 0.29) is 0 Å². The fraction of sp³-hybridized carbons (Fsp3) is 0.278. The molecule has 24 heavy (non-hydrogen) atoms. The molecule has 124 valence electrons. The van der Waals surface area contributed by atoms with Crippen LogP contribution in [-0.4, -0.2) is 47.1 Å². The van der Waals surface area contributed by atoms with Crippen LogP contribution in [0.25, 0.3) is 22.2 Å². The minimum Gasteiger partial charge on any atom is -0.478 e. The Labute approximate surface area is 141 Å². The van der Waals surface area contributed by atoms with Gasteiger partial charge < -0.3 is 15.4 Å². The van der Waals surface area contributed by atoms with E-state index in [1.807, 2.05) is 36.5 Å². The third-order valence-electron chi connectivity index (χ3n) is 3.63. The highest BCUT2D eigenvalue weighted by atomic mass is 16.5. The number of benzene rings is 1. The van der Waals surface area contributed by atoms with E-state index in [1.165, 1.54) is 0 Å². The van der Waals surface area contributed by atoms with Crippen LogP contribution < -0.4 is 10.5 Å². The number of fused-ring (bicyclic) bond motifs is 1. The van der Waals surface area contributed by atoms with Crippen molar-refractivity contribution in [2.75, 3.05) is 33.0 Å². The molecule has 0 amide bonds. The van der Waals surface area contributed by atoms with E-state index in [0.717, 1.165) is 35.1 Å². The van der Waals surface area contributed by atoms with Crippen LogP contribution >= 0.6 is 0 Å². The number of ether oxygens (including phenoxy) is 1. The normalized spacial score (nSPS) is 11.1. The fourth-order valence-electron chi connectivity index (χ4n) is 2.40. The van der Waals surface area contributed by atoms with Gasteiger partial charge in [-0.2, -0.15) is 0 Å². The molecule has 2 heterocycles. The average molecular weight is 323 g/mol. The van der Waals surface area contributed by atoms with Gasteiger partial charge in [0.1, 0.15) is 5.82 Å². The number of aromatic nitrogens is 3. The van der Waals surface area contributed by atoms with Gasteiger partial charge in [0, 0.05) is 24.4 Å². The van der Waals surface area contributed by atoms with E-state index in [4.69, 9.17) is 10.5 Å². The molecule has 0 aliphatic heterocycles. The molecule has 3 rings (SSSR count). The third kappa shape index (κ3) is 3.97. The van der Waals surface area contributed by atoms with E-state index in [2.05, 4.69) is 33.9 Å². The van der Waals surface area contributed by atoms with Crippen molar-refractivity contribution in [1.29, 1.82) is 0 Å². The molecule has 0 saturated heterocycles. The molecule has 2 aromatic heterocycles. The molecule has 0 bridgehead atoms. The Kier molecular flexibility index (Phi) is 4.86. The fourth-order valence-corrected chi connectivity index (χ4v) is 2.40. The highest BCUT2D eigenvalue weighted by molar-refractivity contribution is 5.81. The van der Waals surface area contributed by atoms with Gasteiger partial charge in [-0.05, 0) is 44.3 Å². The molecular weight excluding hydrogens is 302 g/mol. The molecule has 0 unspecified atom stereocenters. The monoisotopic (exact) mass is 323 g/mol. The molecule has 0 saturated carbocycles. The lowest BCUT2D eigenvalue weighted by atomic mass is 10.1. The van der Waals surface area contributed by atoms with Crippen LogP contribution in [0.3, 0.4) is 0 Å². The SMILES string of the molecule is CN(C)CCCOc1ccc(-c2ccc3ncc(N)nc3c2)cn1. The first-order valence-electron chi connectivity index (χ1n) is 7.88. The van der Waals surface area contributed by atoms with Crippen LogP contribution in [0.2, 0.25) is 0 Å². The summed E-state index contributed by atoms with van der Waals surface area (Å²) in [6.07, 6.45) is 4.34. The maximum atomic E-state index is 5.70. The van der Waals surface area contributed by atoms with Gasteiger partial charge in [0.15, 0.2) is 0 Å². The van der Waals surface area contributed by atoms with Gasteiger partial charge in [0.2, 0.25) is 5.88 Å². The van der Waals surface area contributed by atoms with E-state index in [1.54, 1.807) is 6.20 Å². The van der Waals surface area contributed by atoms with Crippen LogP contribution in [0.4, 0.5) is 5.82 Å². The van der Waals surface area contributed by atoms with Crippen LogP contribution in [0.15, 0.2) is 42.7 Å². The summed E-state index contributed by atoms with van der Waals surface area (Å²) >= 11 is 0. The van der Waals surface area contributed by atoms with Crippen LogP contribution in [0, 0.1) is 0 Å². The second-order valence-electron chi connectivity index (χ2n) is 5.89. The summed E-state index contributed by atoms with van der Waals surface area (Å²) in [5.74, 6) is 1.06. The van der Waals surface area contributed by atoms with E-state index in [9.17, 15) is 0 Å². The number of hydrogen-bond acceptors (Lipinski definition) is 6.